The summed E-state index contributed by atoms with van der Waals surface area (Å²) in [4.78, 5) is 22.7. The van der Waals surface area contributed by atoms with E-state index < -0.39 is 0 Å². The van der Waals surface area contributed by atoms with Gasteiger partial charge in [0.1, 0.15) is 0 Å². The third kappa shape index (κ3) is 5.36. The Balaban J connectivity index is 1.32. The second kappa shape index (κ2) is 11.1. The molecule has 5 nitrogen and oxygen atoms in total. The highest BCUT2D eigenvalue weighted by Crippen LogP contribution is 2.24. The number of hydrogen-bond donors (Lipinski definition) is 0. The minimum absolute atomic E-state index is 0.150. The smallest absolute Gasteiger partial charge is 0.254 e. The Morgan fingerprint density at radius 3 is 2.69 bits per heavy atom. The van der Waals surface area contributed by atoms with Crippen LogP contribution < -0.4 is 0 Å². The summed E-state index contributed by atoms with van der Waals surface area (Å²) in [6.45, 7) is 8.46. The van der Waals surface area contributed by atoms with E-state index >= 15 is 0 Å². The molecule has 4 aromatic rings. The van der Waals surface area contributed by atoms with Crippen LogP contribution in [-0.4, -0.2) is 50.9 Å². The van der Waals surface area contributed by atoms with E-state index in [9.17, 15) is 4.79 Å². The molecule has 0 N–H and O–H groups in total. The van der Waals surface area contributed by atoms with Crippen molar-refractivity contribution in [1.29, 1.82) is 0 Å². The maximum atomic E-state index is 13.6. The van der Waals surface area contributed by atoms with Crippen LogP contribution in [0.5, 0.6) is 0 Å². The molecule has 3 aromatic carbocycles. The van der Waals surface area contributed by atoms with Crippen molar-refractivity contribution < 1.29 is 4.79 Å². The number of benzene rings is 3. The number of hydrogen-bond acceptors (Lipinski definition) is 3. The Kier molecular flexibility index (Phi) is 7.47. The monoisotopic (exact) mass is 480 g/mol. The van der Waals surface area contributed by atoms with Crippen molar-refractivity contribution in [2.75, 3.05) is 19.6 Å². The quantitative estimate of drug-likeness (QED) is 0.315. The lowest BCUT2D eigenvalue weighted by Gasteiger charge is -2.41. The normalized spacial score (nSPS) is 16.5. The average molecular weight is 481 g/mol. The van der Waals surface area contributed by atoms with E-state index in [4.69, 9.17) is 0 Å². The Morgan fingerprint density at radius 2 is 1.83 bits per heavy atom. The van der Waals surface area contributed by atoms with E-state index in [-0.39, 0.29) is 5.91 Å². The van der Waals surface area contributed by atoms with Gasteiger partial charge in [0.15, 0.2) is 0 Å². The Hall–Kier alpha value is -3.44. The molecule has 1 aromatic heterocycles. The Bertz CT molecular complexity index is 1320. The molecule has 0 saturated carbocycles. The zero-order valence-electron chi connectivity index (χ0n) is 21.4. The maximum absolute atomic E-state index is 13.6. The van der Waals surface area contributed by atoms with Gasteiger partial charge in [-0.05, 0) is 35.7 Å². The van der Waals surface area contributed by atoms with Crippen LogP contribution in [0.15, 0.2) is 79.3 Å². The van der Waals surface area contributed by atoms with Crippen molar-refractivity contribution >= 4 is 16.7 Å². The molecule has 1 aliphatic heterocycles. The summed E-state index contributed by atoms with van der Waals surface area (Å²) < 4.78 is 2.26. The second-order valence-corrected chi connectivity index (χ2v) is 10.0. The fourth-order valence-electron chi connectivity index (χ4n) is 5.42. The largest absolute Gasteiger partial charge is 0.336 e. The van der Waals surface area contributed by atoms with Gasteiger partial charge in [0.05, 0.1) is 12.0 Å². The Labute approximate surface area is 214 Å². The number of unbranched alkanes of at least 4 members (excludes halogenated alkanes) is 1. The van der Waals surface area contributed by atoms with Crippen LogP contribution in [0.25, 0.3) is 10.8 Å². The zero-order chi connectivity index (χ0) is 24.9. The molecule has 5 rings (SSSR count). The number of aromatic nitrogens is 2. The number of nitrogens with zero attached hydrogens (tertiary/aromatic N) is 4. The molecular weight excluding hydrogens is 444 g/mol. The third-order valence-corrected chi connectivity index (χ3v) is 7.40. The van der Waals surface area contributed by atoms with E-state index in [1.807, 2.05) is 36.8 Å². The summed E-state index contributed by atoms with van der Waals surface area (Å²) >= 11 is 0. The molecule has 1 fully saturated rings. The van der Waals surface area contributed by atoms with E-state index in [1.165, 1.54) is 23.2 Å². The zero-order valence-corrected chi connectivity index (χ0v) is 21.4. The molecule has 5 heteroatoms. The standard InChI is InChI=1S/C31H36N4O/c1-3-4-13-27-21-34(31(36)30-15-8-12-26-11-5-6-14-29(26)30)17-16-33(27)22-28-19-32-23-35(28)20-25-10-7-9-24(2)18-25/h5-12,14-15,18-19,23,27H,3-4,13,16-17,20-22H2,1-2H3/t27-/m0/s1. The summed E-state index contributed by atoms with van der Waals surface area (Å²) in [5.74, 6) is 0.150. The van der Waals surface area contributed by atoms with Crippen LogP contribution in [0.1, 0.15) is 53.4 Å². The van der Waals surface area contributed by atoms with Gasteiger partial charge < -0.3 is 9.47 Å². The predicted molar refractivity (Wildman–Crippen MR) is 146 cm³/mol. The van der Waals surface area contributed by atoms with Crippen molar-refractivity contribution in [2.45, 2.75) is 52.2 Å². The summed E-state index contributed by atoms with van der Waals surface area (Å²) in [5, 5.41) is 2.16. The molecule has 2 heterocycles. The van der Waals surface area contributed by atoms with Crippen molar-refractivity contribution in [3.63, 3.8) is 0 Å². The molecule has 0 spiro atoms. The first-order valence-electron chi connectivity index (χ1n) is 13.2. The average Bonchev–Trinajstić information content (AvgIpc) is 3.33. The Morgan fingerprint density at radius 1 is 1.00 bits per heavy atom. The molecule has 0 bridgehead atoms. The number of carbonyl (C=O) groups is 1. The van der Waals surface area contributed by atoms with Gasteiger partial charge in [-0.15, -0.1) is 0 Å². The van der Waals surface area contributed by atoms with Gasteiger partial charge in [-0.25, -0.2) is 4.98 Å². The molecule has 0 unspecified atom stereocenters. The summed E-state index contributed by atoms with van der Waals surface area (Å²) in [7, 11) is 0. The SMILES string of the molecule is CCCC[C@H]1CN(C(=O)c2cccc3ccccc23)CCN1Cc1cncn1Cc1cccc(C)c1. The molecule has 0 radical (unpaired) electrons. The number of fused-ring (bicyclic) bond motifs is 1. The highest BCUT2D eigenvalue weighted by Gasteiger charge is 2.30. The number of imidazole rings is 1. The number of piperazine rings is 1. The van der Waals surface area contributed by atoms with Gasteiger partial charge in [-0.1, -0.05) is 86.0 Å². The summed E-state index contributed by atoms with van der Waals surface area (Å²) in [5.41, 5.74) is 4.61. The molecule has 1 saturated heterocycles. The van der Waals surface area contributed by atoms with Crippen molar-refractivity contribution in [2.24, 2.45) is 0 Å². The first-order chi connectivity index (χ1) is 17.6. The second-order valence-electron chi connectivity index (χ2n) is 10.0. The van der Waals surface area contributed by atoms with Crippen LogP contribution in [0.4, 0.5) is 0 Å². The van der Waals surface area contributed by atoms with Gasteiger partial charge in [-0.2, -0.15) is 0 Å². The number of amides is 1. The highest BCUT2D eigenvalue weighted by molar-refractivity contribution is 6.07. The predicted octanol–water partition coefficient (Wildman–Crippen LogP) is 5.91. The van der Waals surface area contributed by atoms with Crippen LogP contribution in [-0.2, 0) is 13.1 Å². The van der Waals surface area contributed by atoms with E-state index in [2.05, 4.69) is 75.7 Å². The lowest BCUT2D eigenvalue weighted by atomic mass is 10.0. The first-order valence-corrected chi connectivity index (χ1v) is 13.2. The lowest BCUT2D eigenvalue weighted by molar-refractivity contribution is 0.0429. The fraction of sp³-hybridized carbons (Fsp3) is 0.355. The summed E-state index contributed by atoms with van der Waals surface area (Å²) in [6, 6.07) is 23.2. The maximum Gasteiger partial charge on any atom is 0.254 e. The molecule has 0 aliphatic carbocycles. The summed E-state index contributed by atoms with van der Waals surface area (Å²) in [6.07, 6.45) is 7.37. The van der Waals surface area contributed by atoms with Gasteiger partial charge in [-0.3, -0.25) is 9.69 Å². The van der Waals surface area contributed by atoms with Gasteiger partial charge in [0.25, 0.3) is 5.91 Å². The lowest BCUT2D eigenvalue weighted by Crippen LogP contribution is -2.54. The van der Waals surface area contributed by atoms with Gasteiger partial charge in [0.2, 0.25) is 0 Å². The minimum Gasteiger partial charge on any atom is -0.336 e. The van der Waals surface area contributed by atoms with Crippen molar-refractivity contribution in [3.05, 3.63) is 102 Å². The molecule has 36 heavy (non-hydrogen) atoms. The molecule has 1 amide bonds. The minimum atomic E-state index is 0.150. The number of rotatable bonds is 8. The van der Waals surface area contributed by atoms with Crippen molar-refractivity contribution in [1.82, 2.24) is 19.4 Å². The van der Waals surface area contributed by atoms with E-state index in [1.54, 1.807) is 0 Å². The third-order valence-electron chi connectivity index (χ3n) is 7.40. The first kappa shape index (κ1) is 24.3. The molecule has 1 atom stereocenters. The van der Waals surface area contributed by atoms with E-state index in [0.29, 0.717) is 6.04 Å². The van der Waals surface area contributed by atoms with Gasteiger partial charge >= 0.3 is 0 Å². The molecule has 1 aliphatic rings. The number of carbonyl (C=O) groups excluding carboxylic acids is 1. The topological polar surface area (TPSA) is 41.4 Å². The number of aryl methyl sites for hydroxylation is 1. The van der Waals surface area contributed by atoms with Crippen LogP contribution in [0, 0.1) is 6.92 Å². The van der Waals surface area contributed by atoms with Crippen molar-refractivity contribution in [3.8, 4) is 0 Å². The highest BCUT2D eigenvalue weighted by atomic mass is 16.2. The van der Waals surface area contributed by atoms with E-state index in [0.717, 1.165) is 61.9 Å². The van der Waals surface area contributed by atoms with Crippen LogP contribution in [0.3, 0.4) is 0 Å². The molecule has 186 valence electrons. The fourth-order valence-corrected chi connectivity index (χ4v) is 5.42. The molecular formula is C31H36N4O. The van der Waals surface area contributed by atoms with Gasteiger partial charge in [0, 0.05) is 50.5 Å². The van der Waals surface area contributed by atoms with Crippen LogP contribution >= 0.6 is 0 Å². The van der Waals surface area contributed by atoms with Crippen LogP contribution in [0.2, 0.25) is 0 Å².